The molecule has 108 valence electrons. The lowest BCUT2D eigenvalue weighted by molar-refractivity contribution is -0.116. The average molecular weight is 303 g/mol. The fourth-order valence-corrected chi connectivity index (χ4v) is 2.69. The van der Waals surface area contributed by atoms with E-state index in [1.807, 2.05) is 26.0 Å². The first-order valence-corrected chi connectivity index (χ1v) is 6.98. The minimum Gasteiger partial charge on any atom is -0.456 e. The van der Waals surface area contributed by atoms with E-state index in [0.29, 0.717) is 27.8 Å². The van der Waals surface area contributed by atoms with Gasteiger partial charge in [0.1, 0.15) is 17.5 Å². The number of nitrogens with two attached hydrogens (primary N) is 1. The van der Waals surface area contributed by atoms with E-state index in [1.165, 1.54) is 0 Å². The molecular formula is C16H15ClN2O2. The number of rotatable bonds is 2. The number of fused-ring (bicyclic) bond motifs is 1. The molecule has 2 aromatic rings. The number of hydrogen-bond donors (Lipinski definition) is 2. The van der Waals surface area contributed by atoms with E-state index in [2.05, 4.69) is 11.4 Å². The summed E-state index contributed by atoms with van der Waals surface area (Å²) in [6, 6.07) is 8.64. The zero-order chi connectivity index (χ0) is 15.1. The normalized spacial score (nSPS) is 16.6. The summed E-state index contributed by atoms with van der Waals surface area (Å²) in [6.45, 7) is 4.01. The van der Waals surface area contributed by atoms with Crippen LogP contribution in [0.3, 0.4) is 0 Å². The molecule has 1 aliphatic heterocycles. The van der Waals surface area contributed by atoms with Crippen molar-refractivity contribution in [3.8, 4) is 11.5 Å². The third kappa shape index (κ3) is 2.60. The van der Waals surface area contributed by atoms with Gasteiger partial charge in [0.25, 0.3) is 0 Å². The number of ether oxygens (including phenoxy) is 1. The molecule has 5 heteroatoms. The molecule has 0 saturated heterocycles. The largest absolute Gasteiger partial charge is 0.456 e. The SMILES string of the molecule is Cc1cc(C)cc(Oc2cc3c(cc2Cl)C(N)C(=O)N3)c1. The molecule has 1 aliphatic rings. The van der Waals surface area contributed by atoms with Crippen LogP contribution in [0.25, 0.3) is 0 Å². The Morgan fingerprint density at radius 2 is 1.81 bits per heavy atom. The smallest absolute Gasteiger partial charge is 0.245 e. The van der Waals surface area contributed by atoms with Gasteiger partial charge in [-0.2, -0.15) is 0 Å². The highest BCUT2D eigenvalue weighted by atomic mass is 35.5. The summed E-state index contributed by atoms with van der Waals surface area (Å²) in [5.41, 5.74) is 9.35. The second-order valence-electron chi connectivity index (χ2n) is 5.26. The Labute approximate surface area is 127 Å². The summed E-state index contributed by atoms with van der Waals surface area (Å²) in [5.74, 6) is 0.974. The van der Waals surface area contributed by atoms with Crippen molar-refractivity contribution in [2.45, 2.75) is 19.9 Å². The number of amides is 1. The molecule has 0 aliphatic carbocycles. The Bertz CT molecular complexity index is 723. The standard InChI is InChI=1S/C16H15ClN2O2/c1-8-3-9(2)5-10(4-8)21-14-7-13-11(6-12(14)17)15(18)16(20)19-13/h3-7,15H,18H2,1-2H3,(H,19,20). The van der Waals surface area contributed by atoms with Crippen LogP contribution in [0, 0.1) is 13.8 Å². The Balaban J connectivity index is 1.97. The molecule has 0 aromatic heterocycles. The maximum atomic E-state index is 11.6. The molecule has 0 fully saturated rings. The molecule has 1 atom stereocenters. The Hall–Kier alpha value is -2.04. The van der Waals surface area contributed by atoms with E-state index < -0.39 is 6.04 Å². The van der Waals surface area contributed by atoms with Gasteiger partial charge in [0, 0.05) is 17.3 Å². The molecule has 3 rings (SSSR count). The summed E-state index contributed by atoms with van der Waals surface area (Å²) in [7, 11) is 0. The third-order valence-corrected chi connectivity index (χ3v) is 3.70. The van der Waals surface area contributed by atoms with Gasteiger partial charge in [-0.1, -0.05) is 17.7 Å². The second-order valence-corrected chi connectivity index (χ2v) is 5.67. The van der Waals surface area contributed by atoms with Crippen LogP contribution in [-0.4, -0.2) is 5.91 Å². The van der Waals surface area contributed by atoms with Crippen LogP contribution in [0.1, 0.15) is 22.7 Å². The van der Waals surface area contributed by atoms with Gasteiger partial charge >= 0.3 is 0 Å². The van der Waals surface area contributed by atoms with Gasteiger partial charge in [-0.05, 0) is 43.2 Å². The zero-order valence-corrected chi connectivity index (χ0v) is 12.5. The number of carbonyl (C=O) groups excluding carboxylic acids is 1. The molecule has 1 heterocycles. The number of nitrogens with one attached hydrogen (secondary N) is 1. The molecule has 4 nitrogen and oxygen atoms in total. The molecular weight excluding hydrogens is 288 g/mol. The minimum atomic E-state index is -0.673. The van der Waals surface area contributed by atoms with Crippen LogP contribution in [0.15, 0.2) is 30.3 Å². The molecule has 3 N–H and O–H groups in total. The van der Waals surface area contributed by atoms with Gasteiger partial charge in [-0.25, -0.2) is 0 Å². The van der Waals surface area contributed by atoms with Crippen molar-refractivity contribution in [2.24, 2.45) is 5.73 Å². The van der Waals surface area contributed by atoms with E-state index in [9.17, 15) is 4.79 Å². The van der Waals surface area contributed by atoms with Crippen LogP contribution in [0.5, 0.6) is 11.5 Å². The number of halogens is 1. The Morgan fingerprint density at radius 3 is 2.48 bits per heavy atom. The molecule has 0 saturated carbocycles. The molecule has 1 amide bonds. The summed E-state index contributed by atoms with van der Waals surface area (Å²) in [4.78, 5) is 11.6. The van der Waals surface area contributed by atoms with Crippen molar-refractivity contribution < 1.29 is 9.53 Å². The number of hydrogen-bond acceptors (Lipinski definition) is 3. The predicted octanol–water partition coefficient (Wildman–Crippen LogP) is 3.70. The van der Waals surface area contributed by atoms with E-state index in [4.69, 9.17) is 22.1 Å². The van der Waals surface area contributed by atoms with Crippen molar-refractivity contribution in [2.75, 3.05) is 5.32 Å². The highest BCUT2D eigenvalue weighted by molar-refractivity contribution is 6.32. The molecule has 0 radical (unpaired) electrons. The Morgan fingerprint density at radius 1 is 1.14 bits per heavy atom. The van der Waals surface area contributed by atoms with Gasteiger partial charge in [0.05, 0.1) is 5.02 Å². The quantitative estimate of drug-likeness (QED) is 0.889. The van der Waals surface area contributed by atoms with Gasteiger partial charge in [0.15, 0.2) is 0 Å². The summed E-state index contributed by atoms with van der Waals surface area (Å²) >= 11 is 6.23. The van der Waals surface area contributed by atoms with Crippen molar-refractivity contribution in [1.29, 1.82) is 0 Å². The lowest BCUT2D eigenvalue weighted by Gasteiger charge is -2.11. The maximum absolute atomic E-state index is 11.6. The van der Waals surface area contributed by atoms with Crippen LogP contribution in [-0.2, 0) is 4.79 Å². The first-order chi connectivity index (χ1) is 9.94. The number of anilines is 1. The molecule has 0 bridgehead atoms. The maximum Gasteiger partial charge on any atom is 0.245 e. The van der Waals surface area contributed by atoms with E-state index in [1.54, 1.807) is 12.1 Å². The van der Waals surface area contributed by atoms with E-state index >= 15 is 0 Å². The highest BCUT2D eigenvalue weighted by Crippen LogP contribution is 2.39. The van der Waals surface area contributed by atoms with Crippen LogP contribution < -0.4 is 15.8 Å². The average Bonchev–Trinajstić information content (AvgIpc) is 2.65. The lowest BCUT2D eigenvalue weighted by atomic mass is 10.1. The van der Waals surface area contributed by atoms with Crippen LogP contribution in [0.2, 0.25) is 5.02 Å². The molecule has 21 heavy (non-hydrogen) atoms. The van der Waals surface area contributed by atoms with E-state index in [-0.39, 0.29) is 5.91 Å². The summed E-state index contributed by atoms with van der Waals surface area (Å²) in [5, 5.41) is 3.15. The van der Waals surface area contributed by atoms with E-state index in [0.717, 1.165) is 11.1 Å². The van der Waals surface area contributed by atoms with Crippen molar-refractivity contribution >= 4 is 23.2 Å². The number of benzene rings is 2. The number of aryl methyl sites for hydroxylation is 2. The van der Waals surface area contributed by atoms with Gasteiger partial charge in [-0.15, -0.1) is 0 Å². The van der Waals surface area contributed by atoms with Crippen LogP contribution >= 0.6 is 11.6 Å². The molecule has 2 aromatic carbocycles. The molecule has 1 unspecified atom stereocenters. The van der Waals surface area contributed by atoms with Gasteiger partial charge in [-0.3, -0.25) is 4.79 Å². The third-order valence-electron chi connectivity index (χ3n) is 3.40. The number of carbonyl (C=O) groups is 1. The first-order valence-electron chi connectivity index (χ1n) is 6.60. The lowest BCUT2D eigenvalue weighted by Crippen LogP contribution is -2.19. The highest BCUT2D eigenvalue weighted by Gasteiger charge is 2.28. The zero-order valence-electron chi connectivity index (χ0n) is 11.7. The summed E-state index contributed by atoms with van der Waals surface area (Å²) in [6.07, 6.45) is 0. The summed E-state index contributed by atoms with van der Waals surface area (Å²) < 4.78 is 5.84. The minimum absolute atomic E-state index is 0.232. The first kappa shape index (κ1) is 13.9. The monoisotopic (exact) mass is 302 g/mol. The predicted molar refractivity (Wildman–Crippen MR) is 83.0 cm³/mol. The van der Waals surface area contributed by atoms with Crippen molar-refractivity contribution in [3.63, 3.8) is 0 Å². The van der Waals surface area contributed by atoms with Gasteiger partial charge in [0.2, 0.25) is 5.91 Å². The van der Waals surface area contributed by atoms with Gasteiger partial charge < -0.3 is 15.8 Å². The topological polar surface area (TPSA) is 64.3 Å². The fraction of sp³-hybridized carbons (Fsp3) is 0.188. The van der Waals surface area contributed by atoms with Crippen molar-refractivity contribution in [1.82, 2.24) is 0 Å². The molecule has 0 spiro atoms. The Kier molecular flexibility index (Phi) is 3.35. The second kappa shape index (κ2) is 5.06. The fourth-order valence-electron chi connectivity index (χ4n) is 2.48. The van der Waals surface area contributed by atoms with Crippen LogP contribution in [0.4, 0.5) is 5.69 Å². The van der Waals surface area contributed by atoms with Crippen molar-refractivity contribution in [3.05, 3.63) is 52.0 Å².